The molecule has 0 aliphatic rings. The minimum absolute atomic E-state index is 0.154. The van der Waals surface area contributed by atoms with Crippen LogP contribution in [0.4, 0.5) is 0 Å². The Bertz CT molecular complexity index is 68.6. The van der Waals surface area contributed by atoms with Crippen molar-refractivity contribution in [2.75, 3.05) is 19.7 Å². The first-order chi connectivity index (χ1) is 4.81. The topological polar surface area (TPSA) is 52.5 Å². The lowest BCUT2D eigenvalue weighted by Crippen LogP contribution is -2.29. The maximum atomic E-state index is 8.84. The zero-order valence-electron chi connectivity index (χ0n) is 6.51. The van der Waals surface area contributed by atoms with Crippen LogP contribution in [-0.4, -0.2) is 36.0 Å². The molecular formula is C7H17NO2. The molecule has 1 atom stereocenters. The predicted molar refractivity (Wildman–Crippen MR) is 40.9 cm³/mol. The average Bonchev–Trinajstić information content (AvgIpc) is 1.98. The van der Waals surface area contributed by atoms with E-state index in [2.05, 4.69) is 12.2 Å². The van der Waals surface area contributed by atoms with Gasteiger partial charge in [-0.25, -0.2) is 0 Å². The highest BCUT2D eigenvalue weighted by Crippen LogP contribution is 1.83. The molecule has 0 amide bonds. The van der Waals surface area contributed by atoms with Gasteiger partial charge in [0.1, 0.15) is 0 Å². The summed E-state index contributed by atoms with van der Waals surface area (Å²) < 4.78 is 0. The van der Waals surface area contributed by atoms with Gasteiger partial charge in [0.25, 0.3) is 0 Å². The Morgan fingerprint density at radius 3 is 2.70 bits per heavy atom. The zero-order chi connectivity index (χ0) is 7.82. The number of hydrogen-bond acceptors (Lipinski definition) is 3. The molecule has 0 fully saturated rings. The molecule has 0 aromatic carbocycles. The van der Waals surface area contributed by atoms with E-state index in [0.717, 1.165) is 19.4 Å². The molecule has 3 N–H and O–H groups in total. The molecule has 0 spiro atoms. The van der Waals surface area contributed by atoms with Crippen molar-refractivity contribution in [2.45, 2.75) is 25.9 Å². The van der Waals surface area contributed by atoms with Crippen LogP contribution in [0.5, 0.6) is 0 Å². The average molecular weight is 147 g/mol. The lowest BCUT2D eigenvalue weighted by molar-refractivity contribution is 0.0945. The van der Waals surface area contributed by atoms with Gasteiger partial charge in [0, 0.05) is 6.54 Å². The van der Waals surface area contributed by atoms with Crippen molar-refractivity contribution in [3.63, 3.8) is 0 Å². The summed E-state index contributed by atoms with van der Waals surface area (Å²) in [6, 6.07) is 0. The Hall–Kier alpha value is -0.120. The first kappa shape index (κ1) is 9.88. The summed E-state index contributed by atoms with van der Waals surface area (Å²) in [6.07, 6.45) is 1.68. The minimum atomic E-state index is -0.600. The van der Waals surface area contributed by atoms with Crippen LogP contribution in [0.1, 0.15) is 19.8 Å². The maximum absolute atomic E-state index is 8.84. The third kappa shape index (κ3) is 6.01. The predicted octanol–water partition coefficient (Wildman–Crippen LogP) is -0.271. The van der Waals surface area contributed by atoms with Crippen LogP contribution in [0, 0.1) is 0 Å². The quantitative estimate of drug-likeness (QED) is 0.453. The number of rotatable bonds is 6. The summed E-state index contributed by atoms with van der Waals surface area (Å²) in [7, 11) is 0. The van der Waals surface area contributed by atoms with Crippen LogP contribution in [0.25, 0.3) is 0 Å². The molecule has 3 nitrogen and oxygen atoms in total. The molecule has 0 heterocycles. The number of aliphatic hydroxyl groups is 2. The monoisotopic (exact) mass is 147 g/mol. The zero-order valence-corrected chi connectivity index (χ0v) is 6.51. The number of aliphatic hydroxyl groups excluding tert-OH is 2. The summed E-state index contributed by atoms with van der Waals surface area (Å²) in [6.45, 7) is 3.38. The molecule has 0 rings (SSSR count). The smallest absolute Gasteiger partial charge is 0.0894 e. The summed E-state index contributed by atoms with van der Waals surface area (Å²) in [5.41, 5.74) is 0. The molecule has 62 valence electrons. The molecule has 3 heteroatoms. The first-order valence-corrected chi connectivity index (χ1v) is 3.81. The molecule has 0 radical (unpaired) electrons. The van der Waals surface area contributed by atoms with Crippen molar-refractivity contribution >= 4 is 0 Å². The van der Waals surface area contributed by atoms with Gasteiger partial charge in [-0.05, 0) is 13.0 Å². The molecule has 0 aliphatic heterocycles. The van der Waals surface area contributed by atoms with Gasteiger partial charge in [-0.2, -0.15) is 0 Å². The fraction of sp³-hybridized carbons (Fsp3) is 1.00. The van der Waals surface area contributed by atoms with Gasteiger partial charge in [-0.15, -0.1) is 0 Å². The van der Waals surface area contributed by atoms with Crippen molar-refractivity contribution in [2.24, 2.45) is 0 Å². The Morgan fingerprint density at radius 2 is 2.20 bits per heavy atom. The molecule has 0 saturated heterocycles. The van der Waals surface area contributed by atoms with Crippen LogP contribution >= 0.6 is 0 Å². The van der Waals surface area contributed by atoms with Gasteiger partial charge < -0.3 is 15.5 Å². The van der Waals surface area contributed by atoms with Crippen molar-refractivity contribution in [3.8, 4) is 0 Å². The normalized spacial score (nSPS) is 13.5. The van der Waals surface area contributed by atoms with E-state index in [1.165, 1.54) is 0 Å². The van der Waals surface area contributed by atoms with Crippen molar-refractivity contribution < 1.29 is 10.2 Å². The third-order valence-corrected chi connectivity index (χ3v) is 1.30. The van der Waals surface area contributed by atoms with Crippen LogP contribution in [0.2, 0.25) is 0 Å². The van der Waals surface area contributed by atoms with E-state index >= 15 is 0 Å². The van der Waals surface area contributed by atoms with E-state index in [1.54, 1.807) is 0 Å². The molecule has 10 heavy (non-hydrogen) atoms. The maximum Gasteiger partial charge on any atom is 0.0894 e. The van der Waals surface area contributed by atoms with E-state index in [-0.39, 0.29) is 6.61 Å². The summed E-state index contributed by atoms with van der Waals surface area (Å²) in [5.74, 6) is 0. The molecule has 0 aromatic heterocycles. The van der Waals surface area contributed by atoms with Crippen LogP contribution in [0.3, 0.4) is 0 Å². The number of nitrogens with one attached hydrogen (secondary N) is 1. The molecule has 0 saturated carbocycles. The number of hydrogen-bond donors (Lipinski definition) is 3. The molecule has 0 aromatic rings. The third-order valence-electron chi connectivity index (χ3n) is 1.30. The highest BCUT2D eigenvalue weighted by molar-refractivity contribution is 4.56. The second-order valence-electron chi connectivity index (χ2n) is 2.39. The summed E-state index contributed by atoms with van der Waals surface area (Å²) >= 11 is 0. The first-order valence-electron chi connectivity index (χ1n) is 3.81. The van der Waals surface area contributed by atoms with Gasteiger partial charge in [0.2, 0.25) is 0 Å². The van der Waals surface area contributed by atoms with E-state index in [0.29, 0.717) is 6.54 Å². The fourth-order valence-electron chi connectivity index (χ4n) is 0.635. The Balaban J connectivity index is 2.89. The molecule has 0 aliphatic carbocycles. The van der Waals surface area contributed by atoms with Gasteiger partial charge >= 0.3 is 0 Å². The van der Waals surface area contributed by atoms with E-state index in [9.17, 15) is 0 Å². The van der Waals surface area contributed by atoms with Crippen LogP contribution in [0.15, 0.2) is 0 Å². The highest BCUT2D eigenvalue weighted by Gasteiger charge is 1.98. The van der Waals surface area contributed by atoms with Crippen LogP contribution in [-0.2, 0) is 0 Å². The number of unbranched alkanes of at least 4 members (excludes halogenated alkanes) is 1. The Labute approximate surface area is 62.1 Å². The summed E-state index contributed by atoms with van der Waals surface area (Å²) in [5, 5.41) is 20.3. The van der Waals surface area contributed by atoms with Gasteiger partial charge in [0.15, 0.2) is 0 Å². The van der Waals surface area contributed by atoms with Crippen molar-refractivity contribution in [1.82, 2.24) is 5.32 Å². The Morgan fingerprint density at radius 1 is 1.50 bits per heavy atom. The lowest BCUT2D eigenvalue weighted by atomic mass is 10.3. The summed E-state index contributed by atoms with van der Waals surface area (Å²) in [4.78, 5) is 0. The van der Waals surface area contributed by atoms with E-state index in [1.807, 2.05) is 0 Å². The SMILES string of the molecule is CCCCNC[C@H](O)CO. The lowest BCUT2D eigenvalue weighted by Gasteiger charge is -2.07. The molecular weight excluding hydrogens is 130 g/mol. The van der Waals surface area contributed by atoms with Gasteiger partial charge in [-0.1, -0.05) is 13.3 Å². The second-order valence-corrected chi connectivity index (χ2v) is 2.39. The van der Waals surface area contributed by atoms with Crippen LogP contribution < -0.4 is 5.32 Å². The molecule has 0 bridgehead atoms. The standard InChI is InChI=1S/C7H17NO2/c1-2-3-4-8-5-7(10)6-9/h7-10H,2-6H2,1H3/t7-/m0/s1. The van der Waals surface area contributed by atoms with Crippen molar-refractivity contribution in [1.29, 1.82) is 0 Å². The van der Waals surface area contributed by atoms with Gasteiger partial charge in [-0.3, -0.25) is 0 Å². The van der Waals surface area contributed by atoms with E-state index in [4.69, 9.17) is 10.2 Å². The Kier molecular flexibility index (Phi) is 6.91. The van der Waals surface area contributed by atoms with Gasteiger partial charge in [0.05, 0.1) is 12.7 Å². The minimum Gasteiger partial charge on any atom is -0.394 e. The highest BCUT2D eigenvalue weighted by atomic mass is 16.3. The van der Waals surface area contributed by atoms with E-state index < -0.39 is 6.10 Å². The largest absolute Gasteiger partial charge is 0.394 e. The molecule has 0 unspecified atom stereocenters. The second kappa shape index (κ2) is 6.99. The van der Waals surface area contributed by atoms with Crippen molar-refractivity contribution in [3.05, 3.63) is 0 Å². The fourth-order valence-corrected chi connectivity index (χ4v) is 0.635.